The molecule has 0 saturated carbocycles. The Kier molecular flexibility index (Phi) is 4.03. The number of likely N-dealkylation sites (N-methyl/N-ethyl adjacent to an activating group) is 1. The van der Waals surface area contributed by atoms with Crippen LogP contribution >= 0.6 is 11.3 Å². The molecule has 0 radical (unpaired) electrons. The number of ether oxygens (including phenoxy) is 1. The average Bonchev–Trinajstić information content (AvgIpc) is 2.93. The number of thiazole rings is 1. The predicted molar refractivity (Wildman–Crippen MR) is 82.7 cm³/mol. The number of fused-ring (bicyclic) bond motifs is 1. The van der Waals surface area contributed by atoms with Crippen LogP contribution in [0.4, 0.5) is 0 Å². The minimum Gasteiger partial charge on any atom is -0.371 e. The summed E-state index contributed by atoms with van der Waals surface area (Å²) >= 11 is 1.39. The van der Waals surface area contributed by atoms with Gasteiger partial charge in [-0.3, -0.25) is 4.79 Å². The third-order valence-corrected chi connectivity index (χ3v) is 4.74. The number of aryl methyl sites for hydroxylation is 1. The summed E-state index contributed by atoms with van der Waals surface area (Å²) in [5, 5.41) is 0. The summed E-state index contributed by atoms with van der Waals surface area (Å²) in [5.41, 5.74) is 5.03. The Hall–Kier alpha value is -1.72. The number of hydrogen-bond donors (Lipinski definition) is 0. The van der Waals surface area contributed by atoms with Crippen LogP contribution in [0.2, 0.25) is 0 Å². The number of benzene rings is 1. The molecule has 0 spiro atoms. The van der Waals surface area contributed by atoms with E-state index in [1.807, 2.05) is 20.0 Å². The summed E-state index contributed by atoms with van der Waals surface area (Å²) in [6.07, 6.45) is 0.898. The third kappa shape index (κ3) is 2.84. The van der Waals surface area contributed by atoms with Crippen molar-refractivity contribution in [1.29, 1.82) is 0 Å². The van der Waals surface area contributed by atoms with Crippen LogP contribution in [0.15, 0.2) is 29.8 Å². The minimum atomic E-state index is -0.0443. The Bertz CT molecular complexity index is 653. The molecule has 2 aromatic rings. The van der Waals surface area contributed by atoms with Gasteiger partial charge >= 0.3 is 0 Å². The van der Waals surface area contributed by atoms with Gasteiger partial charge in [-0.2, -0.15) is 0 Å². The van der Waals surface area contributed by atoms with Crippen molar-refractivity contribution in [3.05, 3.63) is 51.5 Å². The lowest BCUT2D eigenvalue weighted by Gasteiger charge is -2.29. The molecule has 1 amide bonds. The maximum atomic E-state index is 12.5. The van der Waals surface area contributed by atoms with Crippen LogP contribution in [0.3, 0.4) is 0 Å². The van der Waals surface area contributed by atoms with Crippen molar-refractivity contribution in [3.8, 4) is 0 Å². The molecule has 110 valence electrons. The fourth-order valence-electron chi connectivity index (χ4n) is 2.64. The van der Waals surface area contributed by atoms with Crippen molar-refractivity contribution in [1.82, 2.24) is 9.88 Å². The van der Waals surface area contributed by atoms with Gasteiger partial charge in [0.2, 0.25) is 0 Å². The highest BCUT2D eigenvalue weighted by Gasteiger charge is 2.25. The van der Waals surface area contributed by atoms with Crippen molar-refractivity contribution >= 4 is 17.2 Å². The molecule has 0 bridgehead atoms. The minimum absolute atomic E-state index is 0.0154. The van der Waals surface area contributed by atoms with E-state index in [0.717, 1.165) is 12.1 Å². The Morgan fingerprint density at radius 1 is 1.48 bits per heavy atom. The van der Waals surface area contributed by atoms with E-state index in [9.17, 15) is 4.79 Å². The molecule has 0 N–H and O–H groups in total. The lowest BCUT2D eigenvalue weighted by Crippen LogP contribution is -2.33. The number of hydrogen-bond acceptors (Lipinski definition) is 4. The van der Waals surface area contributed by atoms with Crippen LogP contribution in [-0.4, -0.2) is 36.0 Å². The van der Waals surface area contributed by atoms with Gasteiger partial charge in [0.1, 0.15) is 11.0 Å². The lowest BCUT2D eigenvalue weighted by atomic mass is 9.97. The Morgan fingerprint density at radius 3 is 3.05 bits per heavy atom. The standard InChI is InChI=1S/C16H18N2O2S/c1-11-15(21-10-17-11)16(19)18(2)9-14-13-6-4-3-5-12(13)7-8-20-14/h3-6,10,14H,7-9H2,1-2H3/t14-/m0/s1. The monoisotopic (exact) mass is 302 g/mol. The van der Waals surface area contributed by atoms with Gasteiger partial charge in [-0.1, -0.05) is 24.3 Å². The number of amides is 1. The van der Waals surface area contributed by atoms with E-state index in [2.05, 4.69) is 23.2 Å². The molecular weight excluding hydrogens is 284 g/mol. The van der Waals surface area contributed by atoms with E-state index in [1.54, 1.807) is 10.4 Å². The van der Waals surface area contributed by atoms with Gasteiger partial charge in [0.25, 0.3) is 5.91 Å². The first-order chi connectivity index (χ1) is 10.2. The summed E-state index contributed by atoms with van der Waals surface area (Å²) in [4.78, 5) is 19.0. The van der Waals surface area contributed by atoms with Crippen LogP contribution in [-0.2, 0) is 11.2 Å². The summed E-state index contributed by atoms with van der Waals surface area (Å²) in [6, 6.07) is 8.31. The molecule has 0 fully saturated rings. The quantitative estimate of drug-likeness (QED) is 0.875. The number of carbonyl (C=O) groups excluding carboxylic acids is 1. The topological polar surface area (TPSA) is 42.4 Å². The molecular formula is C16H18N2O2S. The number of rotatable bonds is 3. The Balaban J connectivity index is 1.75. The second-order valence-electron chi connectivity index (χ2n) is 5.26. The maximum absolute atomic E-state index is 12.5. The molecule has 1 aromatic carbocycles. The van der Waals surface area contributed by atoms with Crippen molar-refractivity contribution in [2.45, 2.75) is 19.4 Å². The molecule has 5 heteroatoms. The van der Waals surface area contributed by atoms with Crippen molar-refractivity contribution < 1.29 is 9.53 Å². The second kappa shape index (κ2) is 5.95. The van der Waals surface area contributed by atoms with Gasteiger partial charge < -0.3 is 9.64 Å². The highest BCUT2D eigenvalue weighted by Crippen LogP contribution is 2.28. The normalized spacial score (nSPS) is 17.3. The van der Waals surface area contributed by atoms with Crippen molar-refractivity contribution in [3.63, 3.8) is 0 Å². The SMILES string of the molecule is Cc1ncsc1C(=O)N(C)C[C@@H]1OCCc2ccccc21. The summed E-state index contributed by atoms with van der Waals surface area (Å²) in [5.74, 6) is 0.0154. The van der Waals surface area contributed by atoms with Gasteiger partial charge in [-0.05, 0) is 24.5 Å². The maximum Gasteiger partial charge on any atom is 0.265 e. The van der Waals surface area contributed by atoms with Crippen molar-refractivity contribution in [2.24, 2.45) is 0 Å². The molecule has 0 saturated heterocycles. The van der Waals surface area contributed by atoms with E-state index < -0.39 is 0 Å². The molecule has 3 rings (SSSR count). The van der Waals surface area contributed by atoms with Gasteiger partial charge in [0, 0.05) is 7.05 Å². The molecule has 1 aromatic heterocycles. The highest BCUT2D eigenvalue weighted by molar-refractivity contribution is 7.11. The van der Waals surface area contributed by atoms with Crippen LogP contribution < -0.4 is 0 Å². The van der Waals surface area contributed by atoms with E-state index in [0.29, 0.717) is 18.0 Å². The fourth-order valence-corrected chi connectivity index (χ4v) is 3.44. The molecule has 0 aliphatic carbocycles. The molecule has 21 heavy (non-hydrogen) atoms. The zero-order chi connectivity index (χ0) is 14.8. The van der Waals surface area contributed by atoms with Crippen molar-refractivity contribution in [2.75, 3.05) is 20.2 Å². The zero-order valence-corrected chi connectivity index (χ0v) is 13.0. The van der Waals surface area contributed by atoms with Crippen LogP contribution in [0, 0.1) is 6.92 Å². The Labute approximate surface area is 128 Å². The number of carbonyl (C=O) groups is 1. The first-order valence-corrected chi connectivity index (χ1v) is 7.89. The van der Waals surface area contributed by atoms with Gasteiger partial charge in [-0.15, -0.1) is 11.3 Å². The predicted octanol–water partition coefficient (Wildman–Crippen LogP) is 2.84. The first kappa shape index (κ1) is 14.2. The lowest BCUT2D eigenvalue weighted by molar-refractivity contribution is 0.0201. The van der Waals surface area contributed by atoms with Gasteiger partial charge in [0.05, 0.1) is 24.4 Å². The molecule has 0 unspecified atom stereocenters. The largest absolute Gasteiger partial charge is 0.371 e. The Morgan fingerprint density at radius 2 is 2.29 bits per heavy atom. The summed E-state index contributed by atoms with van der Waals surface area (Å²) in [6.45, 7) is 3.14. The zero-order valence-electron chi connectivity index (χ0n) is 12.2. The van der Waals surface area contributed by atoms with Crippen LogP contribution in [0.5, 0.6) is 0 Å². The third-order valence-electron chi connectivity index (χ3n) is 3.82. The number of nitrogens with zero attached hydrogens (tertiary/aromatic N) is 2. The summed E-state index contributed by atoms with van der Waals surface area (Å²) < 4.78 is 5.87. The molecule has 1 aliphatic heterocycles. The van der Waals surface area contributed by atoms with E-state index in [4.69, 9.17) is 4.74 Å². The fraction of sp³-hybridized carbons (Fsp3) is 0.375. The molecule has 1 aliphatic rings. The second-order valence-corrected chi connectivity index (χ2v) is 6.12. The van der Waals surface area contributed by atoms with Gasteiger partial charge in [0.15, 0.2) is 0 Å². The molecule has 1 atom stereocenters. The summed E-state index contributed by atoms with van der Waals surface area (Å²) in [7, 11) is 1.82. The number of aromatic nitrogens is 1. The smallest absolute Gasteiger partial charge is 0.265 e. The molecule has 4 nitrogen and oxygen atoms in total. The molecule has 2 heterocycles. The van der Waals surface area contributed by atoms with Crippen LogP contribution in [0.25, 0.3) is 0 Å². The van der Waals surface area contributed by atoms with E-state index >= 15 is 0 Å². The van der Waals surface area contributed by atoms with Crippen LogP contribution in [0.1, 0.15) is 32.6 Å². The average molecular weight is 302 g/mol. The van der Waals surface area contributed by atoms with E-state index in [-0.39, 0.29) is 12.0 Å². The first-order valence-electron chi connectivity index (χ1n) is 7.02. The van der Waals surface area contributed by atoms with E-state index in [1.165, 1.54) is 22.5 Å². The van der Waals surface area contributed by atoms with Gasteiger partial charge in [-0.25, -0.2) is 4.98 Å². The highest BCUT2D eigenvalue weighted by atomic mass is 32.1.